The average Bonchev–Trinajstić information content (AvgIpc) is 3.72. The molecule has 86 heavy (non-hydrogen) atoms. The van der Waals surface area contributed by atoms with Crippen LogP contribution in [0.5, 0.6) is 0 Å². The van der Waals surface area contributed by atoms with Gasteiger partial charge in [0.05, 0.1) is 22.8 Å². The Kier molecular flexibility index (Phi) is 26.2. The molecule has 2 N–H and O–H groups in total. The zero-order valence-corrected chi connectivity index (χ0v) is 50.4. The van der Waals surface area contributed by atoms with Crippen LogP contribution in [0.3, 0.4) is 0 Å². The summed E-state index contributed by atoms with van der Waals surface area (Å²) in [5.74, 6) is 26.5. The number of unbranched alkanes of at least 4 members (excludes halogenated alkanes) is 12. The van der Waals surface area contributed by atoms with Crippen molar-refractivity contribution in [3.05, 3.63) is 256 Å². The molecule has 1 aliphatic rings. The molecule has 4 heterocycles. The highest BCUT2D eigenvalue weighted by Crippen LogP contribution is 2.20. The molecule has 7 aromatic rings. The van der Waals surface area contributed by atoms with Crippen molar-refractivity contribution in [2.24, 2.45) is 0 Å². The molecule has 8 nitrogen and oxygen atoms in total. The number of hydrogen-bond acceptors (Lipinski definition) is 8. The van der Waals surface area contributed by atoms with Crippen molar-refractivity contribution in [2.75, 3.05) is 32.7 Å². The minimum absolute atomic E-state index is 0.109. The van der Waals surface area contributed by atoms with Crippen LogP contribution < -0.4 is 0 Å². The highest BCUT2D eigenvalue weighted by atomic mass is 16.3. The third-order valence-electron chi connectivity index (χ3n) is 15.3. The van der Waals surface area contributed by atoms with E-state index in [1.807, 2.05) is 66.7 Å². The van der Waals surface area contributed by atoms with E-state index in [0.717, 1.165) is 94.9 Å². The molecular formula is C78H84N6O2. The number of aryl methyl sites for hydroxylation is 2. The first-order valence-corrected chi connectivity index (χ1v) is 31.0. The molecule has 0 spiro atoms. The lowest BCUT2D eigenvalue weighted by Gasteiger charge is -2.31. The second kappa shape index (κ2) is 35.5. The van der Waals surface area contributed by atoms with Gasteiger partial charge in [-0.05, 0) is 135 Å². The van der Waals surface area contributed by atoms with Crippen LogP contribution in [0.2, 0.25) is 0 Å². The molecule has 0 atom stereocenters. The Balaban J connectivity index is 0.882. The molecular weight excluding hydrogens is 1050 g/mol. The fraction of sp³-hybridized carbons (Fsp3) is 0.321. The van der Waals surface area contributed by atoms with Crippen LogP contribution >= 0.6 is 0 Å². The van der Waals surface area contributed by atoms with E-state index in [-0.39, 0.29) is 11.5 Å². The van der Waals surface area contributed by atoms with Gasteiger partial charge < -0.3 is 10.2 Å². The normalized spacial score (nSPS) is 12.7. The number of pyridine rings is 3. The molecule has 4 aromatic carbocycles. The SMILES string of the molecule is C=CCN1CCN(Cc2cc(C#Cc3ccc(C#CCCCCCCCCc4ccccc4)cc3)cc(C(=C)O)n2)CCN(Cc2cc(C#Cc3ccc(C#CCCCCCCCCc4ccccc4)cc3)cc(C(=C)O)n2)Cc2cccc(n2)C1. The van der Waals surface area contributed by atoms with E-state index in [9.17, 15) is 10.2 Å². The van der Waals surface area contributed by atoms with Gasteiger partial charge in [0.1, 0.15) is 22.9 Å². The highest BCUT2D eigenvalue weighted by molar-refractivity contribution is 5.57. The van der Waals surface area contributed by atoms with Crippen LogP contribution in [-0.4, -0.2) is 72.6 Å². The largest absolute Gasteiger partial charge is 0.506 e. The summed E-state index contributed by atoms with van der Waals surface area (Å²) < 4.78 is 0. The van der Waals surface area contributed by atoms with Crippen molar-refractivity contribution in [3.63, 3.8) is 0 Å². The Labute approximate surface area is 513 Å². The molecule has 0 amide bonds. The molecule has 1 aliphatic heterocycles. The molecule has 0 saturated heterocycles. The smallest absolute Gasteiger partial charge is 0.134 e. The number of hydrogen-bond donors (Lipinski definition) is 2. The summed E-state index contributed by atoms with van der Waals surface area (Å²) in [5.41, 5.74) is 12.3. The average molecular weight is 1140 g/mol. The summed E-state index contributed by atoms with van der Waals surface area (Å²) in [7, 11) is 0. The molecule has 0 radical (unpaired) electrons. The zero-order valence-electron chi connectivity index (χ0n) is 50.4. The first kappa shape index (κ1) is 63.3. The van der Waals surface area contributed by atoms with E-state index >= 15 is 0 Å². The van der Waals surface area contributed by atoms with E-state index in [1.54, 1.807) is 12.1 Å². The molecule has 438 valence electrons. The number of benzene rings is 4. The van der Waals surface area contributed by atoms with Gasteiger partial charge in [0.15, 0.2) is 0 Å². The van der Waals surface area contributed by atoms with E-state index in [4.69, 9.17) is 15.0 Å². The van der Waals surface area contributed by atoms with Crippen molar-refractivity contribution in [1.82, 2.24) is 29.7 Å². The predicted molar refractivity (Wildman–Crippen MR) is 354 cm³/mol. The van der Waals surface area contributed by atoms with Gasteiger partial charge in [0.25, 0.3) is 0 Å². The van der Waals surface area contributed by atoms with Crippen LogP contribution in [0.15, 0.2) is 177 Å². The lowest BCUT2D eigenvalue weighted by atomic mass is 10.0. The van der Waals surface area contributed by atoms with Gasteiger partial charge in [-0.15, -0.1) is 6.58 Å². The molecule has 2 bridgehead atoms. The maximum absolute atomic E-state index is 10.7. The van der Waals surface area contributed by atoms with Gasteiger partial charge in [-0.1, -0.05) is 185 Å². The van der Waals surface area contributed by atoms with E-state index in [1.165, 1.54) is 88.2 Å². The number of aromatic nitrogens is 3. The fourth-order valence-corrected chi connectivity index (χ4v) is 10.5. The molecule has 0 fully saturated rings. The summed E-state index contributed by atoms with van der Waals surface area (Å²) >= 11 is 0. The summed E-state index contributed by atoms with van der Waals surface area (Å²) in [6.07, 6.45) is 20.9. The Morgan fingerprint density at radius 1 is 0.407 bits per heavy atom. The van der Waals surface area contributed by atoms with Gasteiger partial charge >= 0.3 is 0 Å². The Morgan fingerprint density at radius 2 is 0.791 bits per heavy atom. The number of aliphatic hydroxyl groups excluding tert-OH is 2. The standard InChI is InChI=1S/C78H84N6O2/c1-4-50-82-51-52-83(61-75-55-71(57-77(80-75)63(2)85)48-46-69-42-38-67(39-43-69)34-21-15-11-7-5-9-13-19-28-65-30-23-17-24-31-65)53-54-84(60-74-37-27-36-73(59-82)79-74)62-76-56-72(58-78(81-76)64(3)86)49-47-70-44-40-68(41-45-70)35-22-16-12-8-6-10-14-20-29-66-32-25-18-26-33-66/h4,17-18,23-27,30-33,36-45,55-58,85-86H,1-3,5-16,19-20,28-29,50-54,59-62H2. The summed E-state index contributed by atoms with van der Waals surface area (Å²) in [6, 6.07) is 51.5. The quantitative estimate of drug-likeness (QED) is 0.0268. The molecule has 3 aromatic heterocycles. The second-order valence-electron chi connectivity index (χ2n) is 22.5. The molecule has 8 rings (SSSR count). The third-order valence-corrected chi connectivity index (χ3v) is 15.3. The van der Waals surface area contributed by atoms with Crippen LogP contribution in [0.25, 0.3) is 11.5 Å². The topological polar surface area (TPSA) is 88.9 Å². The minimum atomic E-state index is -0.115. The van der Waals surface area contributed by atoms with Gasteiger partial charge in [-0.2, -0.15) is 0 Å². The van der Waals surface area contributed by atoms with Crippen molar-refractivity contribution in [2.45, 2.75) is 129 Å². The zero-order chi connectivity index (χ0) is 59.8. The van der Waals surface area contributed by atoms with Crippen molar-refractivity contribution in [1.29, 1.82) is 0 Å². The molecule has 0 aliphatic carbocycles. The predicted octanol–water partition coefficient (Wildman–Crippen LogP) is 15.9. The van der Waals surface area contributed by atoms with Crippen molar-refractivity contribution < 1.29 is 10.2 Å². The summed E-state index contributed by atoms with van der Waals surface area (Å²) in [5, 5.41) is 21.4. The van der Waals surface area contributed by atoms with E-state index in [0.29, 0.717) is 57.2 Å². The lowest BCUT2D eigenvalue weighted by Crippen LogP contribution is -2.40. The Bertz CT molecular complexity index is 3550. The monoisotopic (exact) mass is 1140 g/mol. The molecule has 8 heteroatoms. The van der Waals surface area contributed by atoms with Gasteiger partial charge in [-0.25, -0.2) is 9.97 Å². The van der Waals surface area contributed by atoms with E-state index in [2.05, 4.69) is 161 Å². The van der Waals surface area contributed by atoms with Crippen molar-refractivity contribution in [3.8, 4) is 47.4 Å². The minimum Gasteiger partial charge on any atom is -0.506 e. The lowest BCUT2D eigenvalue weighted by molar-refractivity contribution is 0.160. The number of rotatable bonds is 24. The number of fused-ring (bicyclic) bond motifs is 2. The first-order chi connectivity index (χ1) is 42.2. The first-order valence-electron chi connectivity index (χ1n) is 31.0. The molecule has 0 saturated carbocycles. The third kappa shape index (κ3) is 23.0. The van der Waals surface area contributed by atoms with E-state index < -0.39 is 0 Å². The Morgan fingerprint density at radius 3 is 1.24 bits per heavy atom. The van der Waals surface area contributed by atoms with Crippen LogP contribution in [-0.2, 0) is 39.0 Å². The number of aliphatic hydroxyl groups is 2. The van der Waals surface area contributed by atoms with Crippen LogP contribution in [0.1, 0.15) is 169 Å². The van der Waals surface area contributed by atoms with Gasteiger partial charge in [-0.3, -0.25) is 19.7 Å². The maximum Gasteiger partial charge on any atom is 0.134 e. The van der Waals surface area contributed by atoms with Crippen LogP contribution in [0, 0.1) is 47.4 Å². The summed E-state index contributed by atoms with van der Waals surface area (Å²) in [4.78, 5) is 22.0. The Hall–Kier alpha value is -8.73. The molecule has 0 unspecified atom stereocenters. The highest BCUT2D eigenvalue weighted by Gasteiger charge is 2.19. The maximum atomic E-state index is 10.7. The number of nitrogens with zero attached hydrogens (tertiary/aromatic N) is 6. The fourth-order valence-electron chi connectivity index (χ4n) is 10.5. The second-order valence-corrected chi connectivity index (χ2v) is 22.5. The van der Waals surface area contributed by atoms with Crippen LogP contribution in [0.4, 0.5) is 0 Å². The van der Waals surface area contributed by atoms with Gasteiger partial charge in [0, 0.05) is 105 Å². The van der Waals surface area contributed by atoms with Gasteiger partial charge in [0.2, 0.25) is 0 Å². The summed E-state index contributed by atoms with van der Waals surface area (Å²) in [6.45, 7) is 17.6. The van der Waals surface area contributed by atoms with Crippen molar-refractivity contribution >= 4 is 11.5 Å².